The van der Waals surface area contributed by atoms with Crippen LogP contribution in [0.5, 0.6) is 11.5 Å². The highest BCUT2D eigenvalue weighted by Gasteiger charge is 2.12. The minimum absolute atomic E-state index is 0. The largest absolute Gasteiger partial charge is 0.497 e. The Balaban J connectivity index is 0.00000512. The molecule has 0 unspecified atom stereocenters. The van der Waals surface area contributed by atoms with Gasteiger partial charge in [-0.2, -0.15) is 8.78 Å². The first-order valence-corrected chi connectivity index (χ1v) is 9.78. The van der Waals surface area contributed by atoms with Crippen LogP contribution in [0.15, 0.2) is 47.5 Å². The number of carbonyl (C=O) groups is 1. The summed E-state index contributed by atoms with van der Waals surface area (Å²) in [5, 5.41) is 6.23. The van der Waals surface area contributed by atoms with Crippen LogP contribution in [0.3, 0.4) is 0 Å². The smallest absolute Gasteiger partial charge is 0.387 e. The Labute approximate surface area is 204 Å². The molecular weight excluding hydrogens is 533 g/mol. The van der Waals surface area contributed by atoms with E-state index >= 15 is 0 Å². The van der Waals surface area contributed by atoms with E-state index < -0.39 is 6.61 Å². The van der Waals surface area contributed by atoms with Crippen LogP contribution in [0, 0.1) is 0 Å². The SMILES string of the molecule is CCNC(=NCc1ccc(C(=O)N(C)C)cc1)NCc1ccc(OC)cc1OC(F)F.I. The quantitative estimate of drug-likeness (QED) is 0.276. The fraction of sp³-hybridized carbons (Fsp3) is 0.364. The van der Waals surface area contributed by atoms with Crippen LogP contribution in [0.4, 0.5) is 8.78 Å². The van der Waals surface area contributed by atoms with Crippen LogP contribution < -0.4 is 20.1 Å². The summed E-state index contributed by atoms with van der Waals surface area (Å²) in [5.74, 6) is 0.927. The van der Waals surface area contributed by atoms with Gasteiger partial charge in [-0.3, -0.25) is 4.79 Å². The van der Waals surface area contributed by atoms with E-state index in [0.717, 1.165) is 5.56 Å². The van der Waals surface area contributed by atoms with Crippen LogP contribution in [-0.2, 0) is 13.1 Å². The first-order chi connectivity index (χ1) is 14.8. The predicted octanol–water partition coefficient (Wildman–Crippen LogP) is 3.87. The zero-order valence-electron chi connectivity index (χ0n) is 18.5. The summed E-state index contributed by atoms with van der Waals surface area (Å²) < 4.78 is 35.2. The summed E-state index contributed by atoms with van der Waals surface area (Å²) in [6.45, 7) is 0.237. The molecule has 0 fully saturated rings. The Morgan fingerprint density at radius 3 is 2.38 bits per heavy atom. The number of rotatable bonds is 9. The molecule has 0 radical (unpaired) electrons. The lowest BCUT2D eigenvalue weighted by Crippen LogP contribution is -2.36. The second kappa shape index (κ2) is 13.7. The molecule has 2 aromatic carbocycles. The van der Waals surface area contributed by atoms with Crippen molar-refractivity contribution in [2.75, 3.05) is 27.7 Å². The fourth-order valence-corrected chi connectivity index (χ4v) is 2.72. The van der Waals surface area contributed by atoms with Crippen LogP contribution in [0.25, 0.3) is 0 Å². The van der Waals surface area contributed by atoms with E-state index in [2.05, 4.69) is 20.4 Å². The van der Waals surface area contributed by atoms with Gasteiger partial charge in [0.25, 0.3) is 5.91 Å². The lowest BCUT2D eigenvalue weighted by atomic mass is 10.1. The van der Waals surface area contributed by atoms with E-state index in [1.54, 1.807) is 38.4 Å². The number of nitrogens with zero attached hydrogens (tertiary/aromatic N) is 2. The summed E-state index contributed by atoms with van der Waals surface area (Å²) in [6.07, 6.45) is 0. The second-order valence-corrected chi connectivity index (χ2v) is 6.80. The second-order valence-electron chi connectivity index (χ2n) is 6.80. The molecule has 0 aliphatic heterocycles. The van der Waals surface area contributed by atoms with Crippen molar-refractivity contribution in [1.82, 2.24) is 15.5 Å². The lowest BCUT2D eigenvalue weighted by molar-refractivity contribution is -0.0505. The number of halogens is 3. The minimum atomic E-state index is -2.94. The molecule has 2 rings (SSSR count). The van der Waals surface area contributed by atoms with Crippen molar-refractivity contribution in [2.45, 2.75) is 26.6 Å². The maximum absolute atomic E-state index is 12.7. The molecule has 176 valence electrons. The van der Waals surface area contributed by atoms with E-state index in [4.69, 9.17) is 4.74 Å². The molecule has 0 aliphatic rings. The van der Waals surface area contributed by atoms with Crippen molar-refractivity contribution in [3.63, 3.8) is 0 Å². The van der Waals surface area contributed by atoms with Crippen molar-refractivity contribution >= 4 is 35.8 Å². The van der Waals surface area contributed by atoms with Gasteiger partial charge in [-0.25, -0.2) is 4.99 Å². The molecule has 0 spiro atoms. The number of alkyl halides is 2. The number of benzene rings is 2. The number of guanidine groups is 1. The number of ether oxygens (including phenoxy) is 2. The van der Waals surface area contributed by atoms with Crippen molar-refractivity contribution < 1.29 is 23.0 Å². The number of methoxy groups -OCH3 is 1. The molecule has 10 heteroatoms. The topological polar surface area (TPSA) is 75.2 Å². The molecule has 7 nitrogen and oxygen atoms in total. The average molecular weight is 562 g/mol. The Morgan fingerprint density at radius 1 is 1.12 bits per heavy atom. The molecule has 0 aliphatic carbocycles. The Morgan fingerprint density at radius 2 is 1.81 bits per heavy atom. The molecule has 0 saturated carbocycles. The molecule has 0 bridgehead atoms. The fourth-order valence-electron chi connectivity index (χ4n) is 2.72. The molecule has 2 N–H and O–H groups in total. The van der Waals surface area contributed by atoms with Gasteiger partial charge in [0.1, 0.15) is 11.5 Å². The Hall–Kier alpha value is -2.63. The van der Waals surface area contributed by atoms with Gasteiger partial charge in [0, 0.05) is 44.4 Å². The molecule has 1 amide bonds. The molecule has 0 saturated heterocycles. The highest BCUT2D eigenvalue weighted by atomic mass is 127. The van der Waals surface area contributed by atoms with Gasteiger partial charge >= 0.3 is 6.61 Å². The maximum atomic E-state index is 12.7. The van der Waals surface area contributed by atoms with Crippen LogP contribution >= 0.6 is 24.0 Å². The normalized spacial score (nSPS) is 10.9. The Kier molecular flexibility index (Phi) is 11.7. The van der Waals surface area contributed by atoms with Gasteiger partial charge < -0.3 is 25.0 Å². The Bertz CT molecular complexity index is 893. The number of carbonyl (C=O) groups excluding carboxylic acids is 1. The van der Waals surface area contributed by atoms with Crippen LogP contribution in [0.2, 0.25) is 0 Å². The van der Waals surface area contributed by atoms with E-state index in [9.17, 15) is 13.6 Å². The van der Waals surface area contributed by atoms with Gasteiger partial charge in [-0.05, 0) is 36.8 Å². The number of aliphatic imine (C=N–C) groups is 1. The molecular formula is C22H29F2IN4O3. The minimum Gasteiger partial charge on any atom is -0.497 e. The summed E-state index contributed by atoms with van der Waals surface area (Å²) in [4.78, 5) is 18.0. The van der Waals surface area contributed by atoms with Gasteiger partial charge in [-0.1, -0.05) is 12.1 Å². The first-order valence-electron chi connectivity index (χ1n) is 9.78. The van der Waals surface area contributed by atoms with E-state index in [0.29, 0.717) is 35.9 Å². The third-order valence-electron chi connectivity index (χ3n) is 4.31. The number of hydrogen-bond acceptors (Lipinski definition) is 4. The first kappa shape index (κ1) is 27.4. The molecule has 2 aromatic rings. The number of amides is 1. The maximum Gasteiger partial charge on any atom is 0.387 e. The molecule has 0 aromatic heterocycles. The van der Waals surface area contributed by atoms with Gasteiger partial charge in [0.15, 0.2) is 5.96 Å². The monoisotopic (exact) mass is 562 g/mol. The van der Waals surface area contributed by atoms with Crippen molar-refractivity contribution in [3.05, 3.63) is 59.2 Å². The highest BCUT2D eigenvalue weighted by Crippen LogP contribution is 2.26. The zero-order chi connectivity index (χ0) is 22.8. The van der Waals surface area contributed by atoms with E-state index in [-0.39, 0.29) is 42.2 Å². The lowest BCUT2D eigenvalue weighted by Gasteiger charge is -2.15. The van der Waals surface area contributed by atoms with Gasteiger partial charge in [0.2, 0.25) is 0 Å². The summed E-state index contributed by atoms with van der Waals surface area (Å²) >= 11 is 0. The van der Waals surface area contributed by atoms with E-state index in [1.165, 1.54) is 18.1 Å². The third-order valence-corrected chi connectivity index (χ3v) is 4.31. The summed E-state index contributed by atoms with van der Waals surface area (Å²) in [6, 6.07) is 12.0. The summed E-state index contributed by atoms with van der Waals surface area (Å²) in [7, 11) is 4.86. The van der Waals surface area contributed by atoms with Crippen molar-refractivity contribution in [2.24, 2.45) is 4.99 Å². The van der Waals surface area contributed by atoms with Crippen molar-refractivity contribution in [1.29, 1.82) is 0 Å². The average Bonchev–Trinajstić information content (AvgIpc) is 2.75. The van der Waals surface area contributed by atoms with Gasteiger partial charge in [0.05, 0.1) is 13.7 Å². The standard InChI is InChI=1S/C22H28F2N4O3.HI/c1-5-25-22(26-13-15-6-8-16(9-7-15)20(29)28(2)3)27-14-17-10-11-18(30-4)12-19(17)31-21(23)24;/h6-12,21H,5,13-14H2,1-4H3,(H2,25,26,27);1H. The predicted molar refractivity (Wildman–Crippen MR) is 131 cm³/mol. The van der Waals surface area contributed by atoms with Crippen molar-refractivity contribution in [3.8, 4) is 11.5 Å². The zero-order valence-corrected chi connectivity index (χ0v) is 20.9. The van der Waals surface area contributed by atoms with Crippen LogP contribution in [0.1, 0.15) is 28.4 Å². The third kappa shape index (κ3) is 8.48. The molecule has 32 heavy (non-hydrogen) atoms. The highest BCUT2D eigenvalue weighted by molar-refractivity contribution is 14.0. The summed E-state index contributed by atoms with van der Waals surface area (Å²) in [5.41, 5.74) is 2.07. The van der Waals surface area contributed by atoms with E-state index in [1.807, 2.05) is 19.1 Å². The van der Waals surface area contributed by atoms with Gasteiger partial charge in [-0.15, -0.1) is 24.0 Å². The number of nitrogens with one attached hydrogen (secondary N) is 2. The van der Waals surface area contributed by atoms with Crippen LogP contribution in [-0.4, -0.2) is 51.1 Å². The molecule has 0 heterocycles. The molecule has 0 atom stereocenters. The number of hydrogen-bond donors (Lipinski definition) is 2.